The van der Waals surface area contributed by atoms with Gasteiger partial charge in [0.2, 0.25) is 0 Å². The zero-order valence-electron chi connectivity index (χ0n) is 9.21. The van der Waals surface area contributed by atoms with Crippen LogP contribution in [0, 0.1) is 16.4 Å². The Morgan fingerprint density at radius 3 is 2.36 bits per heavy atom. The van der Waals surface area contributed by atoms with Gasteiger partial charge in [0.05, 0.1) is 15.3 Å². The zero-order valence-corrected chi connectivity index (χ0v) is 11.4. The molecule has 0 aliphatic rings. The fourth-order valence-electron chi connectivity index (χ4n) is 1.72. The molecule has 1 unspecified atom stereocenters. The molecule has 2 N–H and O–H groups in total. The summed E-state index contributed by atoms with van der Waals surface area (Å²) in [4.78, 5) is 0. The SMILES string of the molecule is CCC(C(C)C)n1nc(C)c(I)c1N. The van der Waals surface area contributed by atoms with Gasteiger partial charge >= 0.3 is 0 Å². The van der Waals surface area contributed by atoms with Crippen LogP contribution in [0.25, 0.3) is 0 Å². The second kappa shape index (κ2) is 4.51. The van der Waals surface area contributed by atoms with Crippen LogP contribution in [0.15, 0.2) is 0 Å². The molecule has 4 heteroatoms. The summed E-state index contributed by atoms with van der Waals surface area (Å²) < 4.78 is 3.06. The van der Waals surface area contributed by atoms with E-state index in [1.54, 1.807) is 0 Å². The van der Waals surface area contributed by atoms with Gasteiger partial charge in [0.1, 0.15) is 5.82 Å². The zero-order chi connectivity index (χ0) is 10.9. The predicted octanol–water partition coefficient (Wildman–Crippen LogP) is 2.99. The van der Waals surface area contributed by atoms with Gasteiger partial charge in [-0.15, -0.1) is 0 Å². The fourth-order valence-corrected chi connectivity index (χ4v) is 2.08. The summed E-state index contributed by atoms with van der Waals surface area (Å²) in [5, 5.41) is 4.49. The second-order valence-corrected chi connectivity index (χ2v) is 5.03. The third kappa shape index (κ3) is 2.04. The van der Waals surface area contributed by atoms with Crippen LogP contribution in [0.1, 0.15) is 38.9 Å². The lowest BCUT2D eigenvalue weighted by Gasteiger charge is -2.20. The standard InChI is InChI=1S/C10H18IN3/c1-5-8(6(2)3)14-10(12)9(11)7(4)13-14/h6,8H,5,12H2,1-4H3. The van der Waals surface area contributed by atoms with E-state index in [9.17, 15) is 0 Å². The van der Waals surface area contributed by atoms with E-state index < -0.39 is 0 Å². The van der Waals surface area contributed by atoms with Crippen molar-refractivity contribution in [3.63, 3.8) is 0 Å². The average molecular weight is 307 g/mol. The van der Waals surface area contributed by atoms with Crippen molar-refractivity contribution in [1.82, 2.24) is 9.78 Å². The highest BCUT2D eigenvalue weighted by atomic mass is 127. The minimum Gasteiger partial charge on any atom is -0.383 e. The fraction of sp³-hybridized carbons (Fsp3) is 0.700. The number of halogens is 1. The molecule has 1 heterocycles. The van der Waals surface area contributed by atoms with Crippen molar-refractivity contribution >= 4 is 28.4 Å². The molecule has 0 radical (unpaired) electrons. The van der Waals surface area contributed by atoms with Gasteiger partial charge in [-0.05, 0) is 41.9 Å². The molecular formula is C10H18IN3. The van der Waals surface area contributed by atoms with Crippen molar-refractivity contribution in [2.45, 2.75) is 40.2 Å². The number of nitrogens with two attached hydrogens (primary N) is 1. The highest BCUT2D eigenvalue weighted by Gasteiger charge is 2.19. The number of nitrogens with zero attached hydrogens (tertiary/aromatic N) is 2. The van der Waals surface area contributed by atoms with E-state index in [0.29, 0.717) is 12.0 Å². The molecule has 14 heavy (non-hydrogen) atoms. The maximum atomic E-state index is 6.01. The van der Waals surface area contributed by atoms with Crippen molar-refractivity contribution in [3.8, 4) is 0 Å². The first-order valence-corrected chi connectivity index (χ1v) is 6.07. The van der Waals surface area contributed by atoms with Crippen molar-refractivity contribution < 1.29 is 0 Å². The quantitative estimate of drug-likeness (QED) is 0.873. The van der Waals surface area contributed by atoms with Gasteiger partial charge in [-0.25, -0.2) is 4.68 Å². The molecule has 1 aromatic rings. The Morgan fingerprint density at radius 1 is 1.50 bits per heavy atom. The molecule has 0 amide bonds. The largest absolute Gasteiger partial charge is 0.383 e. The van der Waals surface area contributed by atoms with Gasteiger partial charge in [-0.3, -0.25) is 0 Å². The van der Waals surface area contributed by atoms with E-state index in [1.165, 1.54) is 0 Å². The highest BCUT2D eigenvalue weighted by Crippen LogP contribution is 2.27. The van der Waals surface area contributed by atoms with Gasteiger partial charge in [-0.1, -0.05) is 20.8 Å². The van der Waals surface area contributed by atoms with Gasteiger partial charge in [0.25, 0.3) is 0 Å². The van der Waals surface area contributed by atoms with E-state index in [0.717, 1.165) is 21.5 Å². The van der Waals surface area contributed by atoms with E-state index in [1.807, 2.05) is 11.6 Å². The molecule has 0 aliphatic carbocycles. The summed E-state index contributed by atoms with van der Waals surface area (Å²) in [5.74, 6) is 1.38. The van der Waals surface area contributed by atoms with Crippen LogP contribution in [0.3, 0.4) is 0 Å². The second-order valence-electron chi connectivity index (χ2n) is 3.95. The molecular weight excluding hydrogens is 289 g/mol. The number of aromatic nitrogens is 2. The molecule has 3 nitrogen and oxygen atoms in total. The molecule has 0 saturated carbocycles. The van der Waals surface area contributed by atoms with Crippen LogP contribution < -0.4 is 5.73 Å². The molecule has 0 spiro atoms. The lowest BCUT2D eigenvalue weighted by molar-refractivity contribution is 0.340. The van der Waals surface area contributed by atoms with E-state index in [-0.39, 0.29) is 0 Å². The van der Waals surface area contributed by atoms with Gasteiger partial charge in [0.15, 0.2) is 0 Å². The monoisotopic (exact) mass is 307 g/mol. The van der Waals surface area contributed by atoms with Crippen LogP contribution in [-0.2, 0) is 0 Å². The molecule has 80 valence electrons. The van der Waals surface area contributed by atoms with Crippen molar-refractivity contribution in [2.75, 3.05) is 5.73 Å². The molecule has 1 rings (SSSR count). The maximum absolute atomic E-state index is 6.01. The van der Waals surface area contributed by atoms with Crippen molar-refractivity contribution in [2.24, 2.45) is 5.92 Å². The maximum Gasteiger partial charge on any atom is 0.135 e. The van der Waals surface area contributed by atoms with Gasteiger partial charge in [-0.2, -0.15) is 5.10 Å². The van der Waals surface area contributed by atoms with Gasteiger partial charge < -0.3 is 5.73 Å². The lowest BCUT2D eigenvalue weighted by Crippen LogP contribution is -2.17. The Hall–Kier alpha value is -0.260. The van der Waals surface area contributed by atoms with Gasteiger partial charge in [0, 0.05) is 0 Å². The van der Waals surface area contributed by atoms with Crippen LogP contribution >= 0.6 is 22.6 Å². The van der Waals surface area contributed by atoms with E-state index >= 15 is 0 Å². The summed E-state index contributed by atoms with van der Waals surface area (Å²) in [7, 11) is 0. The minimum absolute atomic E-state index is 0.414. The van der Waals surface area contributed by atoms with Crippen molar-refractivity contribution in [3.05, 3.63) is 9.26 Å². The number of nitrogen functional groups attached to an aromatic ring is 1. The molecule has 0 fully saturated rings. The van der Waals surface area contributed by atoms with Crippen LogP contribution in [0.4, 0.5) is 5.82 Å². The summed E-state index contributed by atoms with van der Waals surface area (Å²) >= 11 is 2.25. The topological polar surface area (TPSA) is 43.8 Å². The summed E-state index contributed by atoms with van der Waals surface area (Å²) in [6, 6.07) is 0.414. The molecule has 0 aromatic carbocycles. The number of anilines is 1. The molecule has 1 aromatic heterocycles. The van der Waals surface area contributed by atoms with Crippen LogP contribution in [0.2, 0.25) is 0 Å². The third-order valence-corrected chi connectivity index (χ3v) is 3.88. The summed E-state index contributed by atoms with van der Waals surface area (Å²) in [5.41, 5.74) is 7.04. The first-order valence-electron chi connectivity index (χ1n) is 4.99. The first-order chi connectivity index (χ1) is 6.49. The molecule has 1 atom stereocenters. The number of rotatable bonds is 3. The molecule has 0 aliphatic heterocycles. The van der Waals surface area contributed by atoms with Crippen LogP contribution in [0.5, 0.6) is 0 Å². The number of hydrogen-bond acceptors (Lipinski definition) is 2. The number of aryl methyl sites for hydroxylation is 1. The molecule has 0 bridgehead atoms. The first kappa shape index (κ1) is 11.8. The Morgan fingerprint density at radius 2 is 2.07 bits per heavy atom. The van der Waals surface area contributed by atoms with E-state index in [4.69, 9.17) is 5.73 Å². The smallest absolute Gasteiger partial charge is 0.135 e. The normalized spacial score (nSPS) is 13.6. The van der Waals surface area contributed by atoms with E-state index in [2.05, 4.69) is 48.5 Å². The Labute approximate surface area is 99.2 Å². The predicted molar refractivity (Wildman–Crippen MR) is 68.3 cm³/mol. The third-order valence-electron chi connectivity index (χ3n) is 2.55. The molecule has 0 saturated heterocycles. The lowest BCUT2D eigenvalue weighted by atomic mass is 10.0. The minimum atomic E-state index is 0.414. The Bertz CT molecular complexity index is 317. The Kier molecular flexibility index (Phi) is 3.80. The Balaban J connectivity index is 3.11. The summed E-state index contributed by atoms with van der Waals surface area (Å²) in [6.07, 6.45) is 1.07. The number of hydrogen-bond donors (Lipinski definition) is 1. The average Bonchev–Trinajstić information content (AvgIpc) is 2.35. The van der Waals surface area contributed by atoms with Crippen LogP contribution in [-0.4, -0.2) is 9.78 Å². The summed E-state index contributed by atoms with van der Waals surface area (Å²) in [6.45, 7) is 8.59. The van der Waals surface area contributed by atoms with Crippen molar-refractivity contribution in [1.29, 1.82) is 0 Å². The highest BCUT2D eigenvalue weighted by molar-refractivity contribution is 14.1.